The fourth-order valence-corrected chi connectivity index (χ4v) is 2.67. The van der Waals surface area contributed by atoms with Crippen molar-refractivity contribution in [3.05, 3.63) is 72.5 Å². The molecule has 8 nitrogen and oxygen atoms in total. The van der Waals surface area contributed by atoms with E-state index in [1.54, 1.807) is 30.6 Å². The number of halogens is 1. The summed E-state index contributed by atoms with van der Waals surface area (Å²) in [5, 5.41) is 4.08. The lowest BCUT2D eigenvalue weighted by atomic mass is 10.1. The van der Waals surface area contributed by atoms with E-state index in [1.165, 1.54) is 36.3 Å². The maximum absolute atomic E-state index is 13.3. The molecule has 0 N–H and O–H groups in total. The van der Waals surface area contributed by atoms with Crippen LogP contribution in [0.4, 0.5) is 4.39 Å². The molecule has 140 valence electrons. The molecule has 28 heavy (non-hydrogen) atoms. The summed E-state index contributed by atoms with van der Waals surface area (Å²) in [6.07, 6.45) is 5.92. The van der Waals surface area contributed by atoms with Gasteiger partial charge >= 0.3 is 0 Å². The van der Waals surface area contributed by atoms with Gasteiger partial charge in [0.2, 0.25) is 5.95 Å². The summed E-state index contributed by atoms with van der Waals surface area (Å²) in [5.74, 6) is 0.409. The average molecular weight is 379 g/mol. The van der Waals surface area contributed by atoms with E-state index in [0.29, 0.717) is 28.6 Å². The van der Waals surface area contributed by atoms with E-state index in [0.717, 1.165) is 0 Å². The van der Waals surface area contributed by atoms with E-state index in [1.807, 2.05) is 0 Å². The van der Waals surface area contributed by atoms with Crippen LogP contribution < -0.4 is 9.47 Å². The summed E-state index contributed by atoms with van der Waals surface area (Å²) in [6, 6.07) is 7.54. The molecule has 4 aromatic heterocycles. The predicted molar refractivity (Wildman–Crippen MR) is 96.1 cm³/mol. The van der Waals surface area contributed by atoms with Gasteiger partial charge in [-0.05, 0) is 18.2 Å². The van der Waals surface area contributed by atoms with Crippen LogP contribution in [0.1, 0.15) is 16.1 Å². The van der Waals surface area contributed by atoms with Crippen LogP contribution in [-0.4, -0.2) is 37.5 Å². The summed E-state index contributed by atoms with van der Waals surface area (Å²) in [7, 11) is 1.53. The largest absolute Gasteiger partial charge is 0.495 e. The van der Waals surface area contributed by atoms with E-state index >= 15 is 0 Å². The molecule has 0 spiro atoms. The van der Waals surface area contributed by atoms with Gasteiger partial charge < -0.3 is 9.47 Å². The molecular weight excluding hydrogens is 365 g/mol. The minimum Gasteiger partial charge on any atom is -0.495 e. The molecule has 4 aromatic rings. The topological polar surface area (TPSA) is 91.5 Å². The minimum absolute atomic E-state index is 0.0789. The molecule has 0 saturated carbocycles. The molecule has 0 aliphatic heterocycles. The Hall–Kier alpha value is -3.88. The lowest BCUT2D eigenvalue weighted by Crippen LogP contribution is -2.08. The summed E-state index contributed by atoms with van der Waals surface area (Å²) in [5.41, 5.74) is 0.986. The third-order valence-corrected chi connectivity index (χ3v) is 3.92. The van der Waals surface area contributed by atoms with Crippen molar-refractivity contribution in [2.75, 3.05) is 7.11 Å². The van der Waals surface area contributed by atoms with Crippen LogP contribution >= 0.6 is 0 Å². The van der Waals surface area contributed by atoms with Crippen molar-refractivity contribution in [1.82, 2.24) is 24.6 Å². The number of carbonyl (C=O) groups is 1. The number of aromatic nitrogens is 5. The van der Waals surface area contributed by atoms with Gasteiger partial charge in [0.05, 0.1) is 43.4 Å². The molecule has 4 rings (SSSR count). The first-order valence-corrected chi connectivity index (χ1v) is 8.27. The van der Waals surface area contributed by atoms with E-state index < -0.39 is 5.95 Å². The number of pyridine rings is 3. The van der Waals surface area contributed by atoms with Crippen molar-refractivity contribution < 1.29 is 18.7 Å². The number of ether oxygens (including phenoxy) is 2. The maximum atomic E-state index is 13.3. The Bertz CT molecular complexity index is 1160. The zero-order valence-corrected chi connectivity index (χ0v) is 14.7. The van der Waals surface area contributed by atoms with Crippen LogP contribution in [0.15, 0.2) is 55.2 Å². The molecular formula is C19H14FN5O3. The fraction of sp³-hybridized carbons (Fsp3) is 0.105. The fourth-order valence-electron chi connectivity index (χ4n) is 2.67. The van der Waals surface area contributed by atoms with Gasteiger partial charge in [-0.15, -0.1) is 0 Å². The standard InChI is InChI=1S/C19H14FN5O3/c1-27-13-6-14(9-21-8-13)28-15-7-16(19-22-11-23-25(19)10-15)17(26)5-12-3-2-4-18(20)24-12/h2-4,6-11H,5H2,1H3. The number of hydrogen-bond acceptors (Lipinski definition) is 7. The highest BCUT2D eigenvalue weighted by Crippen LogP contribution is 2.26. The van der Waals surface area contributed by atoms with Gasteiger partial charge in [0.15, 0.2) is 11.4 Å². The molecule has 0 atom stereocenters. The van der Waals surface area contributed by atoms with Crippen molar-refractivity contribution in [1.29, 1.82) is 0 Å². The first kappa shape index (κ1) is 17.5. The first-order chi connectivity index (χ1) is 13.6. The lowest BCUT2D eigenvalue weighted by Gasteiger charge is -2.09. The zero-order valence-electron chi connectivity index (χ0n) is 14.7. The van der Waals surface area contributed by atoms with Crippen molar-refractivity contribution in [3.63, 3.8) is 0 Å². The zero-order chi connectivity index (χ0) is 19.5. The second kappa shape index (κ2) is 7.39. The van der Waals surface area contributed by atoms with Crippen LogP contribution in [0.2, 0.25) is 0 Å². The van der Waals surface area contributed by atoms with Crippen LogP contribution in [0.3, 0.4) is 0 Å². The maximum Gasteiger partial charge on any atom is 0.213 e. The highest BCUT2D eigenvalue weighted by atomic mass is 19.1. The molecule has 0 bridgehead atoms. The lowest BCUT2D eigenvalue weighted by molar-refractivity contribution is 0.0992. The number of carbonyl (C=O) groups excluding carboxylic acids is 1. The Labute approximate surface area is 158 Å². The third-order valence-electron chi connectivity index (χ3n) is 3.92. The average Bonchev–Trinajstić information content (AvgIpc) is 3.16. The van der Waals surface area contributed by atoms with Crippen molar-refractivity contribution in [3.8, 4) is 17.2 Å². The molecule has 0 aromatic carbocycles. The van der Waals surface area contributed by atoms with Crippen molar-refractivity contribution in [2.45, 2.75) is 6.42 Å². The predicted octanol–water partition coefficient (Wildman–Crippen LogP) is 2.88. The van der Waals surface area contributed by atoms with Crippen LogP contribution in [0.5, 0.6) is 17.2 Å². The number of hydrogen-bond donors (Lipinski definition) is 0. The summed E-state index contributed by atoms with van der Waals surface area (Å²) >= 11 is 0. The van der Waals surface area contributed by atoms with Gasteiger partial charge in [0.25, 0.3) is 0 Å². The molecule has 9 heteroatoms. The molecule has 0 fully saturated rings. The quantitative estimate of drug-likeness (QED) is 0.376. The van der Waals surface area contributed by atoms with E-state index in [4.69, 9.17) is 9.47 Å². The minimum atomic E-state index is -0.638. The number of methoxy groups -OCH3 is 1. The number of nitrogens with zero attached hydrogens (tertiary/aromatic N) is 5. The second-order valence-corrected chi connectivity index (χ2v) is 5.83. The third kappa shape index (κ3) is 3.63. The van der Waals surface area contributed by atoms with Crippen LogP contribution in [-0.2, 0) is 6.42 Å². The monoisotopic (exact) mass is 379 g/mol. The van der Waals surface area contributed by atoms with Crippen molar-refractivity contribution >= 4 is 11.4 Å². The normalized spacial score (nSPS) is 10.8. The van der Waals surface area contributed by atoms with Gasteiger partial charge in [-0.3, -0.25) is 9.78 Å². The molecule has 0 unspecified atom stereocenters. The van der Waals surface area contributed by atoms with Crippen molar-refractivity contribution in [2.24, 2.45) is 0 Å². The Morgan fingerprint density at radius 1 is 1.18 bits per heavy atom. The van der Waals surface area contributed by atoms with Gasteiger partial charge in [-0.25, -0.2) is 14.5 Å². The Morgan fingerprint density at radius 2 is 2.04 bits per heavy atom. The highest BCUT2D eigenvalue weighted by Gasteiger charge is 2.17. The summed E-state index contributed by atoms with van der Waals surface area (Å²) < 4.78 is 25.7. The summed E-state index contributed by atoms with van der Waals surface area (Å²) in [4.78, 5) is 24.7. The highest BCUT2D eigenvalue weighted by molar-refractivity contribution is 6.02. The number of rotatable bonds is 6. The van der Waals surface area contributed by atoms with Gasteiger partial charge in [0, 0.05) is 6.07 Å². The van der Waals surface area contributed by atoms with E-state index in [-0.39, 0.29) is 17.8 Å². The first-order valence-electron chi connectivity index (χ1n) is 8.27. The summed E-state index contributed by atoms with van der Waals surface area (Å²) in [6.45, 7) is 0. The van der Waals surface area contributed by atoms with Crippen LogP contribution in [0.25, 0.3) is 5.65 Å². The second-order valence-electron chi connectivity index (χ2n) is 5.83. The van der Waals surface area contributed by atoms with Gasteiger partial charge in [-0.2, -0.15) is 9.49 Å². The van der Waals surface area contributed by atoms with Crippen LogP contribution in [0, 0.1) is 5.95 Å². The molecule has 0 amide bonds. The molecule has 0 aliphatic rings. The van der Waals surface area contributed by atoms with E-state index in [2.05, 4.69) is 20.1 Å². The van der Waals surface area contributed by atoms with Gasteiger partial charge in [0.1, 0.15) is 23.6 Å². The number of Topliss-reactive ketones (excluding diaryl/α,β-unsaturated/α-hetero) is 1. The SMILES string of the molecule is COc1cncc(Oc2cc(C(=O)Cc3cccc(F)n3)c3ncnn3c2)c1. The number of fused-ring (bicyclic) bond motifs is 1. The smallest absolute Gasteiger partial charge is 0.213 e. The molecule has 0 aliphatic carbocycles. The van der Waals surface area contributed by atoms with Gasteiger partial charge in [-0.1, -0.05) is 6.07 Å². The Kier molecular flexibility index (Phi) is 4.63. The molecule has 0 radical (unpaired) electrons. The molecule has 0 saturated heterocycles. The Morgan fingerprint density at radius 3 is 2.86 bits per heavy atom. The van der Waals surface area contributed by atoms with E-state index in [9.17, 15) is 9.18 Å². The molecule has 4 heterocycles. The number of ketones is 1. The Balaban J connectivity index is 1.67.